The van der Waals surface area contributed by atoms with E-state index in [1.54, 1.807) is 6.33 Å². The lowest BCUT2D eigenvalue weighted by Crippen LogP contribution is -2.15. The van der Waals surface area contributed by atoms with Crippen molar-refractivity contribution < 1.29 is 4.79 Å². The molecule has 0 saturated carbocycles. The summed E-state index contributed by atoms with van der Waals surface area (Å²) in [4.78, 5) is 11.9. The minimum absolute atomic E-state index is 0.274. The molecular formula is C13H16N4O. The molecule has 2 heterocycles. The molecule has 5 nitrogen and oxygen atoms in total. The number of Topliss-reactive ketones (excluding diaryl/α,β-unsaturated/α-hetero) is 1. The summed E-state index contributed by atoms with van der Waals surface area (Å²) in [6.45, 7) is 2.73. The van der Waals surface area contributed by atoms with E-state index < -0.39 is 0 Å². The average Bonchev–Trinajstić information content (AvgIpc) is 2.87. The summed E-state index contributed by atoms with van der Waals surface area (Å²) in [5.74, 6) is 1.19. The van der Waals surface area contributed by atoms with Crippen molar-refractivity contribution in [2.75, 3.05) is 0 Å². The summed E-state index contributed by atoms with van der Waals surface area (Å²) in [6.07, 6.45) is 4.31. The summed E-state index contributed by atoms with van der Waals surface area (Å²) in [6, 6.07) is 2.01. The second-order valence-corrected chi connectivity index (χ2v) is 4.87. The first-order valence-corrected chi connectivity index (χ1v) is 6.22. The summed E-state index contributed by atoms with van der Waals surface area (Å²) < 4.78 is 4.10. The van der Waals surface area contributed by atoms with Crippen LogP contribution in [-0.4, -0.2) is 25.1 Å². The number of carbonyl (C=O) groups excluding carboxylic acids is 1. The second kappa shape index (κ2) is 4.08. The predicted octanol–water partition coefficient (Wildman–Crippen LogP) is 1.49. The fourth-order valence-corrected chi connectivity index (χ4v) is 2.60. The van der Waals surface area contributed by atoms with Gasteiger partial charge in [0.15, 0.2) is 11.6 Å². The number of nitrogens with zero attached hydrogens (tertiary/aromatic N) is 4. The number of fused-ring (bicyclic) bond motifs is 1. The molecule has 0 radical (unpaired) electrons. The highest BCUT2D eigenvalue weighted by Crippen LogP contribution is 2.25. The van der Waals surface area contributed by atoms with Crippen LogP contribution in [0.1, 0.15) is 40.4 Å². The van der Waals surface area contributed by atoms with Crippen LogP contribution in [0.4, 0.5) is 0 Å². The Kier molecular flexibility index (Phi) is 2.54. The molecule has 0 N–H and O–H groups in total. The maximum Gasteiger partial charge on any atom is 0.164 e. The van der Waals surface area contributed by atoms with Gasteiger partial charge in [0, 0.05) is 30.4 Å². The molecule has 0 amide bonds. The first-order valence-electron chi connectivity index (χ1n) is 6.22. The molecule has 0 bridgehead atoms. The third-order valence-electron chi connectivity index (χ3n) is 3.64. The van der Waals surface area contributed by atoms with E-state index in [4.69, 9.17) is 0 Å². The Hall–Kier alpha value is -1.91. The molecule has 94 valence electrons. The highest BCUT2D eigenvalue weighted by Gasteiger charge is 2.23. The maximum absolute atomic E-state index is 11.9. The smallest absolute Gasteiger partial charge is 0.164 e. The Labute approximate surface area is 105 Å². The molecule has 0 atom stereocenters. The third-order valence-corrected chi connectivity index (χ3v) is 3.64. The SMILES string of the molecule is Cc1cc2c(n1Cc1nncn1C)CCCC2=O. The Balaban J connectivity index is 2.02. The van der Waals surface area contributed by atoms with E-state index in [1.807, 2.05) is 24.6 Å². The van der Waals surface area contributed by atoms with Crippen LogP contribution in [0.5, 0.6) is 0 Å². The normalized spacial score (nSPS) is 14.9. The van der Waals surface area contributed by atoms with Gasteiger partial charge >= 0.3 is 0 Å². The van der Waals surface area contributed by atoms with Gasteiger partial charge in [0.1, 0.15) is 6.33 Å². The quantitative estimate of drug-likeness (QED) is 0.804. The van der Waals surface area contributed by atoms with Gasteiger partial charge in [-0.15, -0.1) is 10.2 Å². The van der Waals surface area contributed by atoms with Crippen molar-refractivity contribution in [3.8, 4) is 0 Å². The van der Waals surface area contributed by atoms with Crippen LogP contribution in [0.15, 0.2) is 12.4 Å². The zero-order valence-electron chi connectivity index (χ0n) is 10.7. The summed E-state index contributed by atoms with van der Waals surface area (Å²) in [5, 5.41) is 8.00. The molecular weight excluding hydrogens is 228 g/mol. The van der Waals surface area contributed by atoms with Gasteiger partial charge in [-0.1, -0.05) is 0 Å². The highest BCUT2D eigenvalue weighted by atomic mass is 16.1. The highest BCUT2D eigenvalue weighted by molar-refractivity contribution is 5.98. The lowest BCUT2D eigenvalue weighted by atomic mass is 9.97. The van der Waals surface area contributed by atoms with Gasteiger partial charge in [-0.2, -0.15) is 0 Å². The van der Waals surface area contributed by atoms with E-state index in [9.17, 15) is 4.79 Å². The minimum Gasteiger partial charge on any atom is -0.341 e. The fraction of sp³-hybridized carbons (Fsp3) is 0.462. The van der Waals surface area contributed by atoms with Crippen LogP contribution >= 0.6 is 0 Å². The monoisotopic (exact) mass is 244 g/mol. The minimum atomic E-state index is 0.274. The molecule has 1 aliphatic carbocycles. The number of hydrogen-bond acceptors (Lipinski definition) is 3. The van der Waals surface area contributed by atoms with Crippen molar-refractivity contribution in [3.63, 3.8) is 0 Å². The van der Waals surface area contributed by atoms with Gasteiger partial charge in [0.25, 0.3) is 0 Å². The Morgan fingerprint density at radius 2 is 2.22 bits per heavy atom. The Morgan fingerprint density at radius 3 is 2.94 bits per heavy atom. The zero-order valence-corrected chi connectivity index (χ0v) is 10.7. The van der Waals surface area contributed by atoms with E-state index in [-0.39, 0.29) is 5.78 Å². The van der Waals surface area contributed by atoms with E-state index >= 15 is 0 Å². The lowest BCUT2D eigenvalue weighted by Gasteiger charge is -2.15. The molecule has 0 fully saturated rings. The first-order chi connectivity index (χ1) is 8.66. The molecule has 3 rings (SSSR count). The van der Waals surface area contributed by atoms with Gasteiger partial charge in [-0.25, -0.2) is 0 Å². The molecule has 0 aliphatic heterocycles. The number of ketones is 1. The van der Waals surface area contributed by atoms with Crippen molar-refractivity contribution in [1.29, 1.82) is 0 Å². The van der Waals surface area contributed by atoms with Gasteiger partial charge in [-0.05, 0) is 25.8 Å². The van der Waals surface area contributed by atoms with E-state index in [0.717, 1.165) is 35.6 Å². The van der Waals surface area contributed by atoms with Gasteiger partial charge in [0.2, 0.25) is 0 Å². The third kappa shape index (κ3) is 1.66. The summed E-state index contributed by atoms with van der Waals surface area (Å²) in [5.41, 5.74) is 3.19. The van der Waals surface area contributed by atoms with Crippen molar-refractivity contribution in [1.82, 2.24) is 19.3 Å². The predicted molar refractivity (Wildman–Crippen MR) is 66.5 cm³/mol. The summed E-state index contributed by atoms with van der Waals surface area (Å²) >= 11 is 0. The van der Waals surface area contributed by atoms with Crippen LogP contribution < -0.4 is 0 Å². The fourth-order valence-electron chi connectivity index (χ4n) is 2.60. The van der Waals surface area contributed by atoms with Crippen molar-refractivity contribution >= 4 is 5.78 Å². The lowest BCUT2D eigenvalue weighted by molar-refractivity contribution is 0.0972. The molecule has 0 aromatic carbocycles. The number of hydrogen-bond donors (Lipinski definition) is 0. The van der Waals surface area contributed by atoms with Crippen LogP contribution in [0.25, 0.3) is 0 Å². The van der Waals surface area contributed by atoms with E-state index in [1.165, 1.54) is 0 Å². The number of rotatable bonds is 2. The topological polar surface area (TPSA) is 52.7 Å². The molecule has 2 aromatic rings. The molecule has 0 spiro atoms. The van der Waals surface area contributed by atoms with E-state index in [0.29, 0.717) is 13.0 Å². The van der Waals surface area contributed by atoms with Crippen molar-refractivity contribution in [2.24, 2.45) is 7.05 Å². The van der Waals surface area contributed by atoms with Gasteiger partial charge < -0.3 is 9.13 Å². The summed E-state index contributed by atoms with van der Waals surface area (Å²) in [7, 11) is 1.94. The Morgan fingerprint density at radius 1 is 1.39 bits per heavy atom. The molecule has 2 aromatic heterocycles. The average molecular weight is 244 g/mol. The number of aryl methyl sites for hydroxylation is 2. The molecule has 5 heteroatoms. The van der Waals surface area contributed by atoms with Crippen molar-refractivity contribution in [3.05, 3.63) is 35.2 Å². The van der Waals surface area contributed by atoms with Crippen LogP contribution in [-0.2, 0) is 20.0 Å². The first kappa shape index (κ1) is 11.2. The Bertz CT molecular complexity index is 609. The second-order valence-electron chi connectivity index (χ2n) is 4.87. The largest absolute Gasteiger partial charge is 0.341 e. The molecule has 0 saturated heterocycles. The number of carbonyl (C=O) groups is 1. The van der Waals surface area contributed by atoms with Crippen LogP contribution in [0, 0.1) is 6.92 Å². The van der Waals surface area contributed by atoms with E-state index in [2.05, 4.69) is 14.8 Å². The standard InChI is InChI=1S/C13H16N4O/c1-9-6-10-11(4-3-5-12(10)18)17(9)7-13-15-14-8-16(13)2/h6,8H,3-5,7H2,1-2H3. The van der Waals surface area contributed by atoms with Crippen LogP contribution in [0.3, 0.4) is 0 Å². The van der Waals surface area contributed by atoms with Gasteiger partial charge in [-0.3, -0.25) is 4.79 Å². The molecule has 0 unspecified atom stereocenters. The van der Waals surface area contributed by atoms with Crippen molar-refractivity contribution in [2.45, 2.75) is 32.7 Å². The zero-order chi connectivity index (χ0) is 12.7. The number of aromatic nitrogens is 4. The maximum atomic E-state index is 11.9. The van der Waals surface area contributed by atoms with Gasteiger partial charge in [0.05, 0.1) is 6.54 Å². The molecule has 1 aliphatic rings. The van der Waals surface area contributed by atoms with Crippen LogP contribution in [0.2, 0.25) is 0 Å². The molecule has 18 heavy (non-hydrogen) atoms.